The molecule has 6 atom stereocenters. The van der Waals surface area contributed by atoms with Gasteiger partial charge in [-0.15, -0.1) is 0 Å². The first-order valence-corrected chi connectivity index (χ1v) is 8.83. The molecule has 0 aromatic rings. The lowest BCUT2D eigenvalue weighted by atomic mass is 9.85. The Morgan fingerprint density at radius 3 is 2.22 bits per heavy atom. The van der Waals surface area contributed by atoms with E-state index in [-0.39, 0.29) is 13.2 Å². The highest BCUT2D eigenvalue weighted by molar-refractivity contribution is 5.65. The Morgan fingerprint density at radius 2 is 1.81 bits per heavy atom. The summed E-state index contributed by atoms with van der Waals surface area (Å²) in [4.78, 5) is 32.9. The normalized spacial score (nSPS) is 17.6. The molecular weight excluding hydrogens is 358 g/mol. The van der Waals surface area contributed by atoms with E-state index in [4.69, 9.17) is 18.9 Å². The fourth-order valence-electron chi connectivity index (χ4n) is 2.64. The summed E-state index contributed by atoms with van der Waals surface area (Å²) in [5.41, 5.74) is 0. The maximum Gasteiger partial charge on any atom is 0.302 e. The van der Waals surface area contributed by atoms with Crippen LogP contribution in [0.5, 0.6) is 0 Å². The third kappa shape index (κ3) is 8.51. The van der Waals surface area contributed by atoms with E-state index in [1.54, 1.807) is 13.8 Å². The molecule has 0 aliphatic carbocycles. The number of esters is 1. The van der Waals surface area contributed by atoms with Crippen molar-refractivity contribution in [2.24, 2.45) is 22.2 Å². The van der Waals surface area contributed by atoms with Gasteiger partial charge >= 0.3 is 5.97 Å². The van der Waals surface area contributed by atoms with Crippen LogP contribution < -0.4 is 0 Å². The van der Waals surface area contributed by atoms with Crippen LogP contribution >= 0.6 is 0 Å². The van der Waals surface area contributed by atoms with Gasteiger partial charge in [-0.1, -0.05) is 17.3 Å². The minimum atomic E-state index is -0.955. The summed E-state index contributed by atoms with van der Waals surface area (Å²) >= 11 is 0. The SMILES string of the molecule is CCOC(OC[C@H](OC)[C@@H](COC(C)=O)N=O)C(CC)C(C#N)C(C)N=O. The van der Waals surface area contributed by atoms with Gasteiger partial charge in [0.25, 0.3) is 0 Å². The summed E-state index contributed by atoms with van der Waals surface area (Å²) in [6.07, 6.45) is -1.06. The van der Waals surface area contributed by atoms with Crippen LogP contribution in [0.3, 0.4) is 0 Å². The van der Waals surface area contributed by atoms with Gasteiger partial charge in [-0.25, -0.2) is 0 Å². The molecule has 0 fully saturated rings. The van der Waals surface area contributed by atoms with E-state index < -0.39 is 42.3 Å². The van der Waals surface area contributed by atoms with Crippen molar-refractivity contribution in [3.63, 3.8) is 0 Å². The van der Waals surface area contributed by atoms with Crippen molar-refractivity contribution in [1.29, 1.82) is 5.26 Å². The van der Waals surface area contributed by atoms with Crippen molar-refractivity contribution in [3.8, 4) is 6.07 Å². The molecule has 0 heterocycles. The number of nitroso groups, excluding NO2 is 2. The Hall–Kier alpha value is -1.96. The van der Waals surface area contributed by atoms with Crippen molar-refractivity contribution in [2.75, 3.05) is 26.9 Å². The summed E-state index contributed by atoms with van der Waals surface area (Å²) in [7, 11) is 1.38. The molecule has 0 amide bonds. The van der Waals surface area contributed by atoms with Crippen LogP contribution in [-0.2, 0) is 23.7 Å². The molecule has 154 valence electrons. The second kappa shape index (κ2) is 14.1. The molecule has 0 saturated heterocycles. The zero-order valence-electron chi connectivity index (χ0n) is 16.5. The van der Waals surface area contributed by atoms with Crippen LogP contribution in [0, 0.1) is 33.0 Å². The fraction of sp³-hybridized carbons (Fsp3) is 0.882. The van der Waals surface area contributed by atoms with Crippen LogP contribution in [0.1, 0.15) is 34.1 Å². The van der Waals surface area contributed by atoms with Gasteiger partial charge in [0, 0.05) is 26.6 Å². The van der Waals surface area contributed by atoms with Crippen LogP contribution in [0.25, 0.3) is 0 Å². The third-order valence-electron chi connectivity index (χ3n) is 4.20. The van der Waals surface area contributed by atoms with E-state index in [1.165, 1.54) is 14.0 Å². The Kier molecular flexibility index (Phi) is 13.1. The topological polar surface area (TPSA) is 137 Å². The van der Waals surface area contributed by atoms with Crippen LogP contribution in [-0.4, -0.2) is 57.4 Å². The maximum atomic E-state index is 11.1. The highest BCUT2D eigenvalue weighted by Gasteiger charge is 2.35. The number of hydrogen-bond acceptors (Lipinski definition) is 10. The van der Waals surface area contributed by atoms with Gasteiger partial charge in [0.05, 0.1) is 18.6 Å². The van der Waals surface area contributed by atoms with Gasteiger partial charge in [0.1, 0.15) is 18.8 Å². The smallest absolute Gasteiger partial charge is 0.302 e. The number of hydrogen-bond donors (Lipinski definition) is 0. The molecule has 27 heavy (non-hydrogen) atoms. The predicted octanol–water partition coefficient (Wildman–Crippen LogP) is 2.40. The van der Waals surface area contributed by atoms with Crippen molar-refractivity contribution in [3.05, 3.63) is 9.81 Å². The van der Waals surface area contributed by atoms with Gasteiger partial charge < -0.3 is 18.9 Å². The summed E-state index contributed by atoms with van der Waals surface area (Å²) in [6.45, 7) is 6.43. The Bertz CT molecular complexity index is 497. The largest absolute Gasteiger partial charge is 0.463 e. The van der Waals surface area contributed by atoms with Crippen LogP contribution in [0.2, 0.25) is 0 Å². The first-order valence-electron chi connectivity index (χ1n) is 8.83. The molecule has 0 N–H and O–H groups in total. The molecule has 0 aliphatic rings. The first kappa shape index (κ1) is 25.0. The Balaban J connectivity index is 5.18. The highest BCUT2D eigenvalue weighted by atomic mass is 16.7. The molecule has 10 heteroatoms. The van der Waals surface area contributed by atoms with Gasteiger partial charge in [0.15, 0.2) is 12.3 Å². The zero-order chi connectivity index (χ0) is 20.8. The highest BCUT2D eigenvalue weighted by Crippen LogP contribution is 2.27. The van der Waals surface area contributed by atoms with Crippen molar-refractivity contribution >= 4 is 5.97 Å². The number of carbonyl (C=O) groups is 1. The minimum Gasteiger partial charge on any atom is -0.463 e. The number of rotatable bonds is 15. The molecule has 4 unspecified atom stereocenters. The van der Waals surface area contributed by atoms with Crippen LogP contribution in [0.4, 0.5) is 0 Å². The quantitative estimate of drug-likeness (QED) is 0.237. The number of nitrogens with zero attached hydrogens (tertiary/aromatic N) is 3. The van der Waals surface area contributed by atoms with E-state index in [0.29, 0.717) is 13.0 Å². The molecular formula is C17H29N3O7. The zero-order valence-corrected chi connectivity index (χ0v) is 16.5. The summed E-state index contributed by atoms with van der Waals surface area (Å²) < 4.78 is 21.4. The molecule has 0 rings (SSSR count). The number of nitriles is 1. The second-order valence-electron chi connectivity index (χ2n) is 5.98. The number of carbonyl (C=O) groups excluding carboxylic acids is 1. The van der Waals surface area contributed by atoms with Crippen molar-refractivity contribution in [2.45, 2.75) is 58.6 Å². The number of methoxy groups -OCH3 is 1. The molecule has 10 nitrogen and oxygen atoms in total. The van der Waals surface area contributed by atoms with E-state index >= 15 is 0 Å². The average Bonchev–Trinajstić information content (AvgIpc) is 2.66. The molecule has 0 saturated carbocycles. The maximum absolute atomic E-state index is 11.1. The second-order valence-corrected chi connectivity index (χ2v) is 5.98. The van der Waals surface area contributed by atoms with Crippen molar-refractivity contribution in [1.82, 2.24) is 0 Å². The Morgan fingerprint density at radius 1 is 1.15 bits per heavy atom. The van der Waals surface area contributed by atoms with Gasteiger partial charge in [-0.05, 0) is 20.3 Å². The standard InChI is InChI=1S/C17H29N3O7/c1-6-13(14(8-18)11(3)19-22)17(25-7-2)27-10-16(24-5)15(20-23)9-26-12(4)21/h11,13-17H,6-7,9-10H2,1-5H3/t11?,13?,14?,15-,16+,17?/m1/s1. The summed E-state index contributed by atoms with van der Waals surface area (Å²) in [5, 5.41) is 15.3. The Labute approximate surface area is 159 Å². The van der Waals surface area contributed by atoms with E-state index in [2.05, 4.69) is 16.4 Å². The molecule has 0 aliphatic heterocycles. The molecule has 0 spiro atoms. The summed E-state index contributed by atoms with van der Waals surface area (Å²) in [6, 6.07) is 0.421. The van der Waals surface area contributed by atoms with Crippen molar-refractivity contribution < 1.29 is 23.7 Å². The summed E-state index contributed by atoms with van der Waals surface area (Å²) in [5.74, 6) is -1.63. The molecule has 0 aromatic carbocycles. The lowest BCUT2D eigenvalue weighted by molar-refractivity contribution is -0.194. The van der Waals surface area contributed by atoms with E-state index in [0.717, 1.165) is 0 Å². The lowest BCUT2D eigenvalue weighted by Crippen LogP contribution is -2.41. The molecule has 0 bridgehead atoms. The predicted molar refractivity (Wildman–Crippen MR) is 96.5 cm³/mol. The van der Waals surface area contributed by atoms with Crippen LogP contribution in [0.15, 0.2) is 10.4 Å². The number of ether oxygens (including phenoxy) is 4. The molecule has 0 aromatic heterocycles. The monoisotopic (exact) mass is 387 g/mol. The lowest BCUT2D eigenvalue weighted by Gasteiger charge is -2.31. The van der Waals surface area contributed by atoms with Gasteiger partial charge in [-0.2, -0.15) is 15.1 Å². The van der Waals surface area contributed by atoms with Gasteiger partial charge in [0.2, 0.25) is 0 Å². The minimum absolute atomic E-state index is 0.0730. The molecule has 0 radical (unpaired) electrons. The first-order chi connectivity index (χ1) is 12.9. The van der Waals surface area contributed by atoms with E-state index in [9.17, 15) is 19.9 Å². The third-order valence-corrected chi connectivity index (χ3v) is 4.20. The average molecular weight is 387 g/mol. The van der Waals surface area contributed by atoms with E-state index in [1.807, 2.05) is 6.92 Å². The fourth-order valence-corrected chi connectivity index (χ4v) is 2.64. The van der Waals surface area contributed by atoms with Gasteiger partial charge in [-0.3, -0.25) is 4.79 Å².